The van der Waals surface area contributed by atoms with Gasteiger partial charge >= 0.3 is 0 Å². The number of fused-ring (bicyclic) bond motifs is 3. The van der Waals surface area contributed by atoms with Gasteiger partial charge in [-0.1, -0.05) is 6.42 Å². The van der Waals surface area contributed by atoms with Crippen LogP contribution in [0.1, 0.15) is 36.1 Å². The topological polar surface area (TPSA) is 32.3 Å². The molecule has 0 atom stereocenters. The Labute approximate surface area is 136 Å². The summed E-state index contributed by atoms with van der Waals surface area (Å²) in [7, 11) is 2.22. The highest BCUT2D eigenvalue weighted by Crippen LogP contribution is 2.38. The zero-order chi connectivity index (χ0) is 14.9. The number of hydrogen-bond acceptors (Lipinski definition) is 5. The predicted molar refractivity (Wildman–Crippen MR) is 93.0 cm³/mol. The Hall–Kier alpha value is -1.20. The zero-order valence-corrected chi connectivity index (χ0v) is 14.2. The fourth-order valence-electron chi connectivity index (χ4n) is 3.75. The van der Waals surface area contributed by atoms with E-state index in [1.54, 1.807) is 16.8 Å². The number of anilines is 1. The molecule has 1 fully saturated rings. The quantitative estimate of drug-likeness (QED) is 0.757. The summed E-state index contributed by atoms with van der Waals surface area (Å²) in [6.07, 6.45) is 9.44. The molecule has 0 aromatic carbocycles. The van der Waals surface area contributed by atoms with Gasteiger partial charge in [-0.25, -0.2) is 9.97 Å². The fraction of sp³-hybridized carbons (Fsp3) is 0.647. The van der Waals surface area contributed by atoms with E-state index < -0.39 is 0 Å². The van der Waals surface area contributed by atoms with Crippen molar-refractivity contribution >= 4 is 27.4 Å². The molecule has 22 heavy (non-hydrogen) atoms. The first-order valence-electron chi connectivity index (χ1n) is 8.51. The lowest BCUT2D eigenvalue weighted by Crippen LogP contribution is -2.29. The lowest BCUT2D eigenvalue weighted by atomic mass is 10.1. The van der Waals surface area contributed by atoms with Crippen molar-refractivity contribution in [3.05, 3.63) is 16.8 Å². The third kappa shape index (κ3) is 2.61. The third-order valence-corrected chi connectivity index (χ3v) is 6.20. The minimum atomic E-state index is 1.08. The molecular weight excluding hydrogens is 292 g/mol. The maximum atomic E-state index is 4.71. The average molecular weight is 316 g/mol. The summed E-state index contributed by atoms with van der Waals surface area (Å²) < 4.78 is 0. The second-order valence-electron chi connectivity index (χ2n) is 6.59. The standard InChI is InChI=1S/C17H24N4S/c1-20-8-5-9-21(11-10-20)16-15-13-6-3-2-4-7-14(13)22-17(15)19-12-18-16/h12H,2-11H2,1H3. The molecule has 4 nitrogen and oxygen atoms in total. The monoisotopic (exact) mass is 316 g/mol. The molecule has 0 N–H and O–H groups in total. The molecule has 0 spiro atoms. The van der Waals surface area contributed by atoms with Crippen LogP contribution in [0, 0.1) is 0 Å². The SMILES string of the molecule is CN1CCCN(c2ncnc3sc4c(c23)CCCCC4)CC1. The van der Waals surface area contributed by atoms with E-state index in [9.17, 15) is 0 Å². The Morgan fingerprint density at radius 2 is 1.86 bits per heavy atom. The molecule has 2 aliphatic rings. The van der Waals surface area contributed by atoms with Crippen molar-refractivity contribution in [3.63, 3.8) is 0 Å². The summed E-state index contributed by atoms with van der Waals surface area (Å²) in [6, 6.07) is 0. The van der Waals surface area contributed by atoms with Crippen LogP contribution in [0.2, 0.25) is 0 Å². The van der Waals surface area contributed by atoms with Crippen LogP contribution in [0.25, 0.3) is 10.2 Å². The van der Waals surface area contributed by atoms with Crippen molar-refractivity contribution in [2.45, 2.75) is 38.5 Å². The van der Waals surface area contributed by atoms with Crippen molar-refractivity contribution in [2.75, 3.05) is 38.1 Å². The first kappa shape index (κ1) is 14.4. The highest BCUT2D eigenvalue weighted by Gasteiger charge is 2.22. The Bertz CT molecular complexity index is 666. The first-order valence-corrected chi connectivity index (χ1v) is 9.33. The van der Waals surface area contributed by atoms with E-state index in [4.69, 9.17) is 4.98 Å². The normalized spacial score (nSPS) is 20.7. The molecule has 2 aromatic rings. The second kappa shape index (κ2) is 6.13. The zero-order valence-electron chi connectivity index (χ0n) is 13.3. The molecule has 0 amide bonds. The molecule has 2 aromatic heterocycles. The van der Waals surface area contributed by atoms with Crippen LogP contribution in [0.4, 0.5) is 5.82 Å². The van der Waals surface area contributed by atoms with Crippen LogP contribution in [-0.2, 0) is 12.8 Å². The van der Waals surface area contributed by atoms with Gasteiger partial charge in [-0.05, 0) is 51.3 Å². The van der Waals surface area contributed by atoms with Crippen molar-refractivity contribution < 1.29 is 0 Å². The maximum Gasteiger partial charge on any atom is 0.141 e. The molecule has 118 valence electrons. The average Bonchev–Trinajstić information content (AvgIpc) is 2.70. The molecule has 5 heteroatoms. The van der Waals surface area contributed by atoms with E-state index in [1.165, 1.54) is 61.1 Å². The number of aryl methyl sites for hydroxylation is 2. The van der Waals surface area contributed by atoms with Gasteiger partial charge < -0.3 is 9.80 Å². The lowest BCUT2D eigenvalue weighted by molar-refractivity contribution is 0.360. The molecule has 0 bridgehead atoms. The van der Waals surface area contributed by atoms with E-state index in [1.807, 2.05) is 11.3 Å². The van der Waals surface area contributed by atoms with E-state index >= 15 is 0 Å². The van der Waals surface area contributed by atoms with Gasteiger partial charge in [0.15, 0.2) is 0 Å². The molecule has 1 aliphatic carbocycles. The molecule has 0 unspecified atom stereocenters. The van der Waals surface area contributed by atoms with E-state index in [-0.39, 0.29) is 0 Å². The largest absolute Gasteiger partial charge is 0.355 e. The summed E-state index contributed by atoms with van der Waals surface area (Å²) in [4.78, 5) is 17.0. The number of rotatable bonds is 1. The highest BCUT2D eigenvalue weighted by atomic mass is 32.1. The van der Waals surface area contributed by atoms with Crippen LogP contribution in [0.3, 0.4) is 0 Å². The molecule has 0 saturated carbocycles. The van der Waals surface area contributed by atoms with Crippen LogP contribution in [-0.4, -0.2) is 48.1 Å². The summed E-state index contributed by atoms with van der Waals surface area (Å²) >= 11 is 1.91. The minimum Gasteiger partial charge on any atom is -0.355 e. The van der Waals surface area contributed by atoms with E-state index in [0.717, 1.165) is 19.6 Å². The van der Waals surface area contributed by atoms with Crippen molar-refractivity contribution in [3.8, 4) is 0 Å². The number of likely N-dealkylation sites (N-methyl/N-ethyl adjacent to an activating group) is 1. The third-order valence-electron chi connectivity index (χ3n) is 5.00. The smallest absolute Gasteiger partial charge is 0.141 e. The first-order chi connectivity index (χ1) is 10.8. The van der Waals surface area contributed by atoms with Gasteiger partial charge in [0.05, 0.1) is 5.39 Å². The van der Waals surface area contributed by atoms with Gasteiger partial charge in [-0.2, -0.15) is 0 Å². The summed E-state index contributed by atoms with van der Waals surface area (Å²) in [6.45, 7) is 4.50. The van der Waals surface area contributed by atoms with Crippen LogP contribution < -0.4 is 4.90 Å². The fourth-order valence-corrected chi connectivity index (χ4v) is 4.97. The number of nitrogens with zero attached hydrogens (tertiary/aromatic N) is 4. The van der Waals surface area contributed by atoms with Crippen molar-refractivity contribution in [2.24, 2.45) is 0 Å². The van der Waals surface area contributed by atoms with Crippen molar-refractivity contribution in [1.29, 1.82) is 0 Å². The summed E-state index contributed by atoms with van der Waals surface area (Å²) in [5.74, 6) is 1.19. The Balaban J connectivity index is 1.78. The molecule has 3 heterocycles. The summed E-state index contributed by atoms with van der Waals surface area (Å²) in [5.41, 5.74) is 1.56. The van der Waals surface area contributed by atoms with Crippen LogP contribution in [0.5, 0.6) is 0 Å². The van der Waals surface area contributed by atoms with Gasteiger partial charge in [0.2, 0.25) is 0 Å². The molecular formula is C17H24N4S. The minimum absolute atomic E-state index is 1.08. The lowest BCUT2D eigenvalue weighted by Gasteiger charge is -2.22. The molecule has 1 aliphatic heterocycles. The maximum absolute atomic E-state index is 4.71. The van der Waals surface area contributed by atoms with Crippen LogP contribution in [0.15, 0.2) is 6.33 Å². The molecule has 4 rings (SSSR count). The van der Waals surface area contributed by atoms with Gasteiger partial charge in [0.25, 0.3) is 0 Å². The Morgan fingerprint density at radius 1 is 0.955 bits per heavy atom. The Kier molecular flexibility index (Phi) is 4.01. The highest BCUT2D eigenvalue weighted by molar-refractivity contribution is 7.18. The number of hydrogen-bond donors (Lipinski definition) is 0. The molecule has 0 radical (unpaired) electrons. The molecule has 1 saturated heterocycles. The van der Waals surface area contributed by atoms with Gasteiger partial charge in [0, 0.05) is 24.5 Å². The second-order valence-corrected chi connectivity index (χ2v) is 7.67. The number of aromatic nitrogens is 2. The van der Waals surface area contributed by atoms with Crippen molar-refractivity contribution in [1.82, 2.24) is 14.9 Å². The van der Waals surface area contributed by atoms with Crippen LogP contribution >= 0.6 is 11.3 Å². The van der Waals surface area contributed by atoms with Gasteiger partial charge in [-0.3, -0.25) is 0 Å². The van der Waals surface area contributed by atoms with Gasteiger partial charge in [0.1, 0.15) is 17.0 Å². The number of thiophene rings is 1. The Morgan fingerprint density at radius 3 is 2.82 bits per heavy atom. The van der Waals surface area contributed by atoms with Gasteiger partial charge in [-0.15, -0.1) is 11.3 Å². The summed E-state index contributed by atoms with van der Waals surface area (Å²) in [5, 5.41) is 1.37. The van der Waals surface area contributed by atoms with E-state index in [2.05, 4.69) is 21.8 Å². The predicted octanol–water partition coefficient (Wildman–Crippen LogP) is 3.10. The van der Waals surface area contributed by atoms with E-state index in [0.29, 0.717) is 0 Å².